The Labute approximate surface area is 272 Å². The van der Waals surface area contributed by atoms with Crippen molar-refractivity contribution >= 4 is 35.3 Å². The third kappa shape index (κ3) is 6.21. The molecule has 6 rings (SSSR count). The van der Waals surface area contributed by atoms with Crippen molar-refractivity contribution in [2.24, 2.45) is 15.0 Å². The summed E-state index contributed by atoms with van der Waals surface area (Å²) in [5.41, 5.74) is -0.959. The number of amidine groups is 1. The average Bonchev–Trinajstić information content (AvgIpc) is 3.72. The zero-order valence-corrected chi connectivity index (χ0v) is 25.4. The number of carbonyl (C=O) groups is 1. The van der Waals surface area contributed by atoms with Crippen LogP contribution in [0.4, 0.5) is 0 Å². The molecule has 2 aromatic carbocycles. The molecule has 4 aliphatic rings. The molecule has 7 N–H and O–H groups in total. The lowest BCUT2D eigenvalue weighted by Crippen LogP contribution is -2.69. The van der Waals surface area contributed by atoms with Gasteiger partial charge in [-0.05, 0) is 29.8 Å². The van der Waals surface area contributed by atoms with Crippen molar-refractivity contribution in [2.75, 3.05) is 20.3 Å². The maximum Gasteiger partial charge on any atom is 0.336 e. The van der Waals surface area contributed by atoms with Crippen molar-refractivity contribution in [3.8, 4) is 28.7 Å². The summed E-state index contributed by atoms with van der Waals surface area (Å²) in [6, 6.07) is 8.12. The van der Waals surface area contributed by atoms with E-state index in [9.17, 15) is 35.4 Å². The smallest absolute Gasteiger partial charge is 0.336 e. The summed E-state index contributed by atoms with van der Waals surface area (Å²) in [5, 5.41) is 72.4. The number of aliphatic hydroxyl groups is 4. The van der Waals surface area contributed by atoms with Crippen molar-refractivity contribution in [3.63, 3.8) is 0 Å². The third-order valence-electron chi connectivity index (χ3n) is 8.13. The molecule has 0 aliphatic carbocycles. The Balaban J connectivity index is 1.20. The van der Waals surface area contributed by atoms with Gasteiger partial charge in [0.15, 0.2) is 17.6 Å². The summed E-state index contributed by atoms with van der Waals surface area (Å²) in [5.74, 6) is -2.45. The standard InChI is InChI=1S/C32H32N4O12/c1-44-27-22(47-31-26(39)28(40)32(43,29(48-31)30(41)42)12-17-13-34-14-35-17)11-21-24(25(27)38)19(37)10-20(46-21)15-2-5-18(6-3-15)45-9-8-16-4-7-23(33)36-16/h2-7,10-11,14,20,26,28-29,31,33,37-40,43H,8-9,12-13H2,1H3,(H,41,42)/t20?,26-,28+,29-,31-,32+/m1/s1. The molecule has 0 saturated carbocycles. The van der Waals surface area contributed by atoms with E-state index in [2.05, 4.69) is 15.0 Å². The van der Waals surface area contributed by atoms with Crippen LogP contribution in [0.15, 0.2) is 63.5 Å². The van der Waals surface area contributed by atoms with Gasteiger partial charge in [0.05, 0.1) is 20.3 Å². The van der Waals surface area contributed by atoms with Crippen LogP contribution >= 0.6 is 0 Å². The van der Waals surface area contributed by atoms with Gasteiger partial charge in [-0.2, -0.15) is 0 Å². The second-order valence-electron chi connectivity index (χ2n) is 11.3. The first-order valence-electron chi connectivity index (χ1n) is 14.7. The van der Waals surface area contributed by atoms with Gasteiger partial charge < -0.3 is 54.3 Å². The van der Waals surface area contributed by atoms with Crippen molar-refractivity contribution in [1.29, 1.82) is 5.41 Å². The number of hydrogen-bond donors (Lipinski definition) is 7. The molecule has 0 radical (unpaired) electrons. The number of aliphatic carboxylic acids is 1. The van der Waals surface area contributed by atoms with Crippen LogP contribution in [0.25, 0.3) is 5.76 Å². The second kappa shape index (κ2) is 13.1. The summed E-state index contributed by atoms with van der Waals surface area (Å²) in [6.07, 6.45) is -2.76. The number of phenolic OH excluding ortho intramolecular Hbond substituents is 1. The largest absolute Gasteiger partial charge is 0.507 e. The van der Waals surface area contributed by atoms with E-state index < -0.39 is 54.4 Å². The molecule has 4 aliphatic heterocycles. The Morgan fingerprint density at radius 1 is 1.17 bits per heavy atom. The van der Waals surface area contributed by atoms with E-state index in [1.165, 1.54) is 25.6 Å². The molecule has 2 aromatic rings. The number of phenols is 1. The van der Waals surface area contributed by atoms with Gasteiger partial charge in [0.25, 0.3) is 0 Å². The molecule has 1 fully saturated rings. The molecule has 0 bridgehead atoms. The van der Waals surface area contributed by atoms with E-state index in [1.54, 1.807) is 36.4 Å². The van der Waals surface area contributed by atoms with Crippen molar-refractivity contribution in [3.05, 3.63) is 59.7 Å². The lowest BCUT2D eigenvalue weighted by Gasteiger charge is -2.46. The highest BCUT2D eigenvalue weighted by atomic mass is 16.7. The fourth-order valence-corrected chi connectivity index (χ4v) is 5.72. The predicted molar refractivity (Wildman–Crippen MR) is 169 cm³/mol. The molecule has 252 valence electrons. The number of rotatable bonds is 11. The number of ether oxygens (including phenoxy) is 5. The average molecular weight is 665 g/mol. The van der Waals surface area contributed by atoms with Crippen molar-refractivity contribution in [2.45, 2.75) is 49.1 Å². The highest BCUT2D eigenvalue weighted by Gasteiger charge is 2.59. The molecule has 0 amide bonds. The molecule has 0 aromatic heterocycles. The zero-order chi connectivity index (χ0) is 34.2. The topological polar surface area (TPSA) is 246 Å². The molecule has 16 nitrogen and oxygen atoms in total. The van der Waals surface area contributed by atoms with E-state index in [0.29, 0.717) is 24.3 Å². The normalized spacial score (nSPS) is 27.5. The zero-order valence-electron chi connectivity index (χ0n) is 25.4. The van der Waals surface area contributed by atoms with Gasteiger partial charge in [-0.25, -0.2) is 14.8 Å². The molecule has 4 heterocycles. The summed E-state index contributed by atoms with van der Waals surface area (Å²) in [6.45, 7) is 0.423. The number of nitrogens with one attached hydrogen (secondary N) is 1. The minimum absolute atomic E-state index is 0.0547. The number of aliphatic imine (C=N–C) groups is 3. The summed E-state index contributed by atoms with van der Waals surface area (Å²) in [7, 11) is 1.20. The van der Waals surface area contributed by atoms with Gasteiger partial charge in [0.1, 0.15) is 58.9 Å². The van der Waals surface area contributed by atoms with Crippen LogP contribution in [0.3, 0.4) is 0 Å². The van der Waals surface area contributed by atoms with E-state index in [-0.39, 0.29) is 46.7 Å². The monoisotopic (exact) mass is 664 g/mol. The maximum absolute atomic E-state index is 12.2. The van der Waals surface area contributed by atoms with E-state index >= 15 is 0 Å². The Morgan fingerprint density at radius 2 is 1.94 bits per heavy atom. The number of nitrogens with zero attached hydrogens (tertiary/aromatic N) is 3. The van der Waals surface area contributed by atoms with Crippen LogP contribution in [0.2, 0.25) is 0 Å². The van der Waals surface area contributed by atoms with Gasteiger partial charge in [0.2, 0.25) is 12.0 Å². The number of hydrogen-bond acceptors (Lipinski definition) is 14. The number of methoxy groups -OCH3 is 1. The third-order valence-corrected chi connectivity index (χ3v) is 8.13. The SMILES string of the molecule is COc1c(O[C@@H]2O[C@H](C(=O)O)[C@](O)(CC3=NC=NC3)[C@@H](O)[C@H]2O)cc2c(c1O)C(O)=CC(c1ccc(OCCC3=NC(=N)C=C3)cc1)O2. The summed E-state index contributed by atoms with van der Waals surface area (Å²) in [4.78, 5) is 24.1. The highest BCUT2D eigenvalue weighted by Crippen LogP contribution is 2.51. The number of fused-ring (bicyclic) bond motifs is 1. The van der Waals surface area contributed by atoms with Crippen LogP contribution < -0.4 is 18.9 Å². The van der Waals surface area contributed by atoms with Gasteiger partial charge in [-0.1, -0.05) is 12.1 Å². The fraction of sp³-hybridized carbons (Fsp3) is 0.344. The number of aromatic hydroxyl groups is 1. The summed E-state index contributed by atoms with van der Waals surface area (Å²) >= 11 is 0. The highest BCUT2D eigenvalue weighted by molar-refractivity contribution is 6.14. The van der Waals surface area contributed by atoms with Crippen LogP contribution in [0.1, 0.15) is 30.1 Å². The lowest BCUT2D eigenvalue weighted by atomic mass is 9.80. The molecule has 0 spiro atoms. The van der Waals surface area contributed by atoms with Crippen LogP contribution in [-0.4, -0.2) is 111 Å². The number of benzene rings is 2. The molecule has 1 unspecified atom stereocenters. The van der Waals surface area contributed by atoms with Crippen molar-refractivity contribution < 1.29 is 59.1 Å². The number of carboxylic acids is 1. The van der Waals surface area contributed by atoms with E-state index in [0.717, 1.165) is 5.71 Å². The Morgan fingerprint density at radius 3 is 2.58 bits per heavy atom. The molecule has 6 atom stereocenters. The Bertz CT molecular complexity index is 1770. The number of carboxylic acid groups (broad SMARTS) is 1. The molecular weight excluding hydrogens is 632 g/mol. The van der Waals surface area contributed by atoms with Gasteiger partial charge in [0, 0.05) is 36.4 Å². The molecular formula is C32H32N4O12. The quantitative estimate of drug-likeness (QED) is 0.181. The summed E-state index contributed by atoms with van der Waals surface area (Å²) < 4.78 is 28.4. The molecule has 16 heteroatoms. The van der Waals surface area contributed by atoms with E-state index in [4.69, 9.17) is 29.1 Å². The van der Waals surface area contributed by atoms with Crippen LogP contribution in [0, 0.1) is 5.41 Å². The first-order valence-corrected chi connectivity index (χ1v) is 14.7. The Hall–Kier alpha value is -5.29. The van der Waals surface area contributed by atoms with Crippen molar-refractivity contribution in [1.82, 2.24) is 0 Å². The maximum atomic E-state index is 12.2. The molecule has 48 heavy (non-hydrogen) atoms. The predicted octanol–water partition coefficient (Wildman–Crippen LogP) is 1.70. The van der Waals surface area contributed by atoms with Crippen LogP contribution in [0.5, 0.6) is 28.7 Å². The van der Waals surface area contributed by atoms with E-state index in [1.807, 2.05) is 0 Å². The van der Waals surface area contributed by atoms with Gasteiger partial charge in [-0.3, -0.25) is 10.4 Å². The number of aliphatic hydroxyl groups excluding tert-OH is 3. The second-order valence-corrected chi connectivity index (χ2v) is 11.3. The fourth-order valence-electron chi connectivity index (χ4n) is 5.72. The Kier molecular flexibility index (Phi) is 8.89. The van der Waals surface area contributed by atoms with Crippen LogP contribution in [-0.2, 0) is 9.53 Å². The van der Waals surface area contributed by atoms with Gasteiger partial charge in [-0.15, -0.1) is 0 Å². The number of allylic oxidation sites excluding steroid dienone is 1. The first kappa shape index (κ1) is 32.6. The minimum atomic E-state index is -2.49. The molecule has 1 saturated heterocycles. The first-order chi connectivity index (χ1) is 23.0. The van der Waals surface area contributed by atoms with Gasteiger partial charge >= 0.3 is 5.97 Å². The lowest BCUT2D eigenvalue weighted by molar-refractivity contribution is -0.303. The minimum Gasteiger partial charge on any atom is -0.507 e.